The number of hydrogen-bond acceptors (Lipinski definition) is 7. The van der Waals surface area contributed by atoms with Crippen LogP contribution in [0.5, 0.6) is 5.75 Å². The topological polar surface area (TPSA) is 100 Å². The maximum atomic E-state index is 14.4. The number of anilines is 1. The van der Waals surface area contributed by atoms with Gasteiger partial charge in [0.15, 0.2) is 12.3 Å². The number of nitrogens with zero attached hydrogens (tertiary/aromatic N) is 7. The molecule has 0 radical (unpaired) electrons. The monoisotopic (exact) mass is 647 g/mol. The van der Waals surface area contributed by atoms with Crippen molar-refractivity contribution in [3.05, 3.63) is 65.2 Å². The normalized spacial score (nSPS) is 18.7. The number of alkyl halides is 2. The summed E-state index contributed by atoms with van der Waals surface area (Å²) < 4.78 is 62.6. The molecule has 2 fully saturated rings. The molecule has 3 aliphatic rings. The summed E-state index contributed by atoms with van der Waals surface area (Å²) in [7, 11) is 0. The van der Waals surface area contributed by atoms with E-state index in [1.807, 2.05) is 4.68 Å². The van der Waals surface area contributed by atoms with Crippen LogP contribution >= 0.6 is 0 Å². The zero-order valence-corrected chi connectivity index (χ0v) is 26.0. The van der Waals surface area contributed by atoms with Gasteiger partial charge in [0.2, 0.25) is 0 Å². The maximum absolute atomic E-state index is 14.4. The summed E-state index contributed by atoms with van der Waals surface area (Å²) in [6.45, 7) is 5.01. The maximum Gasteiger partial charge on any atom is 0.265 e. The fourth-order valence-electron chi connectivity index (χ4n) is 6.95. The standard InChI is InChI=1S/C34H33F4N7O2/c1-19(2)9-27-24(14-39)32(25-16-41-45(33(25)42-27)22-5-7-43(8-6-22)23-12-34(37,38)13-23)20-3-4-29-30(10-20)47-18-31(46)44(29)17-28-26(36)11-21(35)15-40-28/h3-4,10-11,15-16,19,22-23H,5-9,12-13,17-18H2,1-2H3. The smallest absolute Gasteiger partial charge is 0.265 e. The van der Waals surface area contributed by atoms with Gasteiger partial charge in [-0.1, -0.05) is 19.9 Å². The van der Waals surface area contributed by atoms with E-state index in [-0.39, 0.29) is 49.7 Å². The highest BCUT2D eigenvalue weighted by molar-refractivity contribution is 6.00. The number of aromatic nitrogens is 4. The molecular formula is C34H33F4N7O2. The molecule has 7 rings (SSSR count). The minimum atomic E-state index is -2.56. The average molecular weight is 648 g/mol. The van der Waals surface area contributed by atoms with Crippen molar-refractivity contribution in [1.29, 1.82) is 5.26 Å². The molecular weight excluding hydrogens is 614 g/mol. The number of rotatable bonds is 7. The Kier molecular flexibility index (Phi) is 7.86. The van der Waals surface area contributed by atoms with Crippen molar-refractivity contribution in [3.8, 4) is 22.9 Å². The van der Waals surface area contributed by atoms with Gasteiger partial charge in [-0.05, 0) is 42.9 Å². The SMILES string of the molecule is CC(C)Cc1nc2c(cnn2C2CCN(C3CC(F)(F)C3)CC2)c(-c2ccc3c(c2)OCC(=O)N3Cc2ncc(F)cc2F)c1C#N. The lowest BCUT2D eigenvalue weighted by Gasteiger charge is -2.45. The molecule has 0 atom stereocenters. The Labute approximate surface area is 268 Å². The Morgan fingerprint density at radius 2 is 1.85 bits per heavy atom. The van der Waals surface area contributed by atoms with Gasteiger partial charge in [0.25, 0.3) is 11.8 Å². The van der Waals surface area contributed by atoms with Crippen molar-refractivity contribution in [2.75, 3.05) is 24.6 Å². The van der Waals surface area contributed by atoms with Crippen LogP contribution in [0.2, 0.25) is 0 Å². The first kappa shape index (κ1) is 31.1. The summed E-state index contributed by atoms with van der Waals surface area (Å²) in [5, 5.41) is 15.9. The first-order valence-corrected chi connectivity index (χ1v) is 15.8. The molecule has 9 nitrogen and oxygen atoms in total. The van der Waals surface area contributed by atoms with E-state index in [0.717, 1.165) is 25.1 Å². The second-order valence-electron chi connectivity index (χ2n) is 13.1. The molecule has 1 aliphatic carbocycles. The molecule has 0 N–H and O–H groups in total. The fourth-order valence-corrected chi connectivity index (χ4v) is 6.95. The lowest BCUT2D eigenvalue weighted by Crippen LogP contribution is -2.53. The van der Waals surface area contributed by atoms with Gasteiger partial charge < -0.3 is 4.74 Å². The number of halogens is 4. The minimum absolute atomic E-state index is 0.0245. The molecule has 47 heavy (non-hydrogen) atoms. The molecule has 1 amide bonds. The van der Waals surface area contributed by atoms with E-state index in [0.29, 0.717) is 64.4 Å². The number of hydrogen-bond donors (Lipinski definition) is 0. The third-order valence-corrected chi connectivity index (χ3v) is 9.34. The van der Waals surface area contributed by atoms with Crippen molar-refractivity contribution < 1.29 is 27.1 Å². The van der Waals surface area contributed by atoms with E-state index in [1.54, 1.807) is 24.4 Å². The quantitative estimate of drug-likeness (QED) is 0.220. The van der Waals surface area contributed by atoms with Crippen LogP contribution in [0.4, 0.5) is 23.2 Å². The Balaban J connectivity index is 1.25. The number of carbonyl (C=O) groups excluding carboxylic acids is 1. The van der Waals surface area contributed by atoms with Gasteiger partial charge >= 0.3 is 0 Å². The Bertz CT molecular complexity index is 1900. The first-order valence-electron chi connectivity index (χ1n) is 15.8. The van der Waals surface area contributed by atoms with Crippen molar-refractivity contribution in [3.63, 3.8) is 0 Å². The lowest BCUT2D eigenvalue weighted by atomic mass is 9.85. The summed E-state index contributed by atoms with van der Waals surface area (Å²) >= 11 is 0. The highest BCUT2D eigenvalue weighted by atomic mass is 19.3. The second-order valence-corrected chi connectivity index (χ2v) is 13.1. The summed E-state index contributed by atoms with van der Waals surface area (Å²) in [4.78, 5) is 25.2. The number of carbonyl (C=O) groups is 1. The van der Waals surface area contributed by atoms with Crippen LogP contribution < -0.4 is 9.64 Å². The van der Waals surface area contributed by atoms with Gasteiger partial charge in [-0.25, -0.2) is 27.2 Å². The molecule has 1 saturated heterocycles. The predicted octanol–water partition coefficient (Wildman–Crippen LogP) is 6.20. The van der Waals surface area contributed by atoms with Crippen LogP contribution in [0.3, 0.4) is 0 Å². The zero-order valence-electron chi connectivity index (χ0n) is 26.0. The molecule has 2 aliphatic heterocycles. The number of pyridine rings is 2. The van der Waals surface area contributed by atoms with Crippen LogP contribution in [0.15, 0.2) is 36.7 Å². The van der Waals surface area contributed by atoms with Crippen molar-refractivity contribution >= 4 is 22.6 Å². The molecule has 0 spiro atoms. The molecule has 5 heterocycles. The van der Waals surface area contributed by atoms with E-state index in [4.69, 9.17) is 14.8 Å². The van der Waals surface area contributed by atoms with Crippen LogP contribution in [0, 0.1) is 28.9 Å². The summed E-state index contributed by atoms with van der Waals surface area (Å²) in [5.41, 5.74) is 3.35. The molecule has 1 aromatic carbocycles. The van der Waals surface area contributed by atoms with E-state index < -0.39 is 23.5 Å². The van der Waals surface area contributed by atoms with E-state index in [1.165, 1.54) is 4.90 Å². The van der Waals surface area contributed by atoms with E-state index >= 15 is 0 Å². The molecule has 0 bridgehead atoms. The van der Waals surface area contributed by atoms with Crippen LogP contribution in [-0.4, -0.2) is 62.2 Å². The lowest BCUT2D eigenvalue weighted by molar-refractivity contribution is -0.128. The van der Waals surface area contributed by atoms with Gasteiger partial charge in [0.1, 0.15) is 23.5 Å². The van der Waals surface area contributed by atoms with E-state index in [2.05, 4.69) is 29.8 Å². The average Bonchev–Trinajstić information content (AvgIpc) is 3.44. The highest BCUT2D eigenvalue weighted by Gasteiger charge is 2.48. The van der Waals surface area contributed by atoms with E-state index in [9.17, 15) is 27.6 Å². The third-order valence-electron chi connectivity index (χ3n) is 9.34. The number of nitriles is 1. The van der Waals surface area contributed by atoms with Crippen LogP contribution in [0.25, 0.3) is 22.2 Å². The number of ether oxygens (including phenoxy) is 1. The fraction of sp³-hybridized carbons (Fsp3) is 0.441. The summed E-state index contributed by atoms with van der Waals surface area (Å²) in [6.07, 6.45) is 4.50. The Morgan fingerprint density at radius 1 is 1.09 bits per heavy atom. The molecule has 0 unspecified atom stereocenters. The minimum Gasteiger partial charge on any atom is -0.482 e. The van der Waals surface area contributed by atoms with Gasteiger partial charge in [0, 0.05) is 49.0 Å². The van der Waals surface area contributed by atoms with Crippen molar-refractivity contribution in [2.45, 2.75) is 70.5 Å². The van der Waals surface area contributed by atoms with Crippen molar-refractivity contribution in [2.24, 2.45) is 5.92 Å². The first-order chi connectivity index (χ1) is 22.5. The summed E-state index contributed by atoms with van der Waals surface area (Å²) in [5.74, 6) is -4.05. The number of amides is 1. The largest absolute Gasteiger partial charge is 0.482 e. The number of piperidine rings is 1. The van der Waals surface area contributed by atoms with Gasteiger partial charge in [0.05, 0.1) is 47.6 Å². The van der Waals surface area contributed by atoms with Gasteiger partial charge in [-0.15, -0.1) is 0 Å². The number of fused-ring (bicyclic) bond motifs is 2. The second kappa shape index (κ2) is 11.9. The third kappa shape index (κ3) is 5.79. The van der Waals surface area contributed by atoms with Crippen molar-refractivity contribution in [1.82, 2.24) is 24.6 Å². The Hall–Kier alpha value is -4.57. The van der Waals surface area contributed by atoms with Crippen LogP contribution in [0.1, 0.15) is 62.5 Å². The molecule has 13 heteroatoms. The van der Waals surface area contributed by atoms with Gasteiger partial charge in [-0.3, -0.25) is 19.6 Å². The number of likely N-dealkylation sites (tertiary alicyclic amines) is 1. The Morgan fingerprint density at radius 3 is 2.53 bits per heavy atom. The molecule has 1 saturated carbocycles. The highest BCUT2D eigenvalue weighted by Crippen LogP contribution is 2.43. The summed E-state index contributed by atoms with van der Waals surface area (Å²) in [6, 6.07) is 8.26. The van der Waals surface area contributed by atoms with Crippen LogP contribution in [-0.2, 0) is 17.8 Å². The predicted molar refractivity (Wildman–Crippen MR) is 165 cm³/mol. The molecule has 244 valence electrons. The number of benzene rings is 1. The van der Waals surface area contributed by atoms with Gasteiger partial charge in [-0.2, -0.15) is 10.4 Å². The molecule has 4 aromatic rings. The zero-order chi connectivity index (χ0) is 33.0. The molecule has 3 aromatic heterocycles.